The second-order valence-electron chi connectivity index (χ2n) is 6.53. The van der Waals surface area contributed by atoms with Gasteiger partial charge in [0.15, 0.2) is 12.4 Å². The minimum atomic E-state index is -0.592. The van der Waals surface area contributed by atoms with E-state index in [1.54, 1.807) is 0 Å². The van der Waals surface area contributed by atoms with Crippen molar-refractivity contribution in [2.24, 2.45) is 7.05 Å². The fraction of sp³-hybridized carbons (Fsp3) is 0.368. The average Bonchev–Trinajstić information content (AvgIpc) is 2.82. The molecule has 2 heterocycles. The van der Waals surface area contributed by atoms with Crippen molar-refractivity contribution in [2.75, 3.05) is 6.61 Å². The van der Waals surface area contributed by atoms with E-state index in [0.717, 1.165) is 6.42 Å². The fourth-order valence-corrected chi connectivity index (χ4v) is 3.18. The molecule has 0 N–H and O–H groups in total. The first-order valence-electron chi connectivity index (χ1n) is 7.94. The molecule has 23 heavy (non-hydrogen) atoms. The zero-order chi connectivity index (χ0) is 16.4. The summed E-state index contributed by atoms with van der Waals surface area (Å²) in [6.07, 6.45) is 4.58. The van der Waals surface area contributed by atoms with Crippen LogP contribution < -0.4 is 4.57 Å². The third kappa shape index (κ3) is 3.27. The number of ether oxygens (including phenoxy) is 1. The zero-order valence-corrected chi connectivity index (χ0v) is 13.9. The number of aryl methyl sites for hydroxylation is 1. The second kappa shape index (κ2) is 6.13. The highest BCUT2D eigenvalue weighted by Gasteiger charge is 2.44. The number of nitrogens with zero attached hydrogens (tertiary/aromatic N) is 2. The number of pyridine rings is 1. The summed E-state index contributed by atoms with van der Waals surface area (Å²) >= 11 is 0. The summed E-state index contributed by atoms with van der Waals surface area (Å²) in [6.45, 7) is 4.48. The minimum Gasteiger partial charge on any atom is -0.354 e. The van der Waals surface area contributed by atoms with Gasteiger partial charge in [0, 0.05) is 6.07 Å². The van der Waals surface area contributed by atoms with Crippen LogP contribution in [0.4, 0.5) is 0 Å². The Morgan fingerprint density at radius 3 is 2.70 bits per heavy atom. The molecule has 0 spiro atoms. The van der Waals surface area contributed by atoms with Crippen molar-refractivity contribution in [3.8, 4) is 0 Å². The maximum Gasteiger partial charge on any atom is 0.262 e. The van der Waals surface area contributed by atoms with E-state index in [0.29, 0.717) is 12.2 Å². The molecule has 0 radical (unpaired) electrons. The topological polar surface area (TPSA) is 33.4 Å². The molecule has 0 saturated carbocycles. The normalized spacial score (nSPS) is 19.8. The monoisotopic (exact) mass is 311 g/mol. The summed E-state index contributed by atoms with van der Waals surface area (Å²) in [5.41, 5.74) is 1.31. The van der Waals surface area contributed by atoms with Gasteiger partial charge in [-0.25, -0.2) is 4.57 Å². The molecule has 1 saturated heterocycles. The number of hydrogen-bond acceptors (Lipinski definition) is 2. The maximum atomic E-state index is 13.0. The van der Waals surface area contributed by atoms with E-state index in [9.17, 15) is 4.79 Å². The molecule has 0 bridgehead atoms. The third-order valence-electron chi connectivity index (χ3n) is 4.29. The van der Waals surface area contributed by atoms with Crippen LogP contribution in [0.15, 0.2) is 54.9 Å². The lowest BCUT2D eigenvalue weighted by Crippen LogP contribution is -2.49. The summed E-state index contributed by atoms with van der Waals surface area (Å²) < 4.78 is 7.80. The van der Waals surface area contributed by atoms with E-state index >= 15 is 0 Å². The smallest absolute Gasteiger partial charge is 0.262 e. The number of carbonyl (C=O) groups excluding carboxylic acids is 1. The first kappa shape index (κ1) is 15.7. The molecular formula is C19H23N2O2+. The fourth-order valence-electron chi connectivity index (χ4n) is 3.18. The molecule has 3 rings (SSSR count). The number of hydrogen-bond donors (Lipinski definition) is 0. The molecule has 1 atom stereocenters. The lowest BCUT2D eigenvalue weighted by Gasteiger charge is -2.33. The average molecular weight is 311 g/mol. The van der Waals surface area contributed by atoms with Crippen LogP contribution in [0.25, 0.3) is 0 Å². The quantitative estimate of drug-likeness (QED) is 0.815. The Balaban J connectivity index is 1.87. The van der Waals surface area contributed by atoms with Gasteiger partial charge in [-0.05, 0) is 31.9 Å². The molecular weight excluding hydrogens is 288 g/mol. The number of aromatic nitrogens is 1. The van der Waals surface area contributed by atoms with Gasteiger partial charge in [-0.2, -0.15) is 0 Å². The van der Waals surface area contributed by atoms with Gasteiger partial charge in [0.05, 0.1) is 12.6 Å². The standard InChI is InChI=1S/C19H23N2O2/c1-19(2)21(18(22)16-10-7-11-20(3)13-16)17(14-23-19)12-15-8-5-4-6-9-15/h4-11,13,17H,12,14H2,1-3H3/q+1. The molecule has 4 nitrogen and oxygen atoms in total. The molecule has 1 amide bonds. The molecule has 1 aromatic carbocycles. The molecule has 0 aliphatic carbocycles. The van der Waals surface area contributed by atoms with Crippen LogP contribution in [-0.2, 0) is 18.2 Å². The molecule has 1 unspecified atom stereocenters. The van der Waals surface area contributed by atoms with Gasteiger partial charge in [-0.3, -0.25) is 4.79 Å². The largest absolute Gasteiger partial charge is 0.354 e. The Morgan fingerprint density at radius 1 is 1.26 bits per heavy atom. The summed E-state index contributed by atoms with van der Waals surface area (Å²) in [7, 11) is 1.92. The van der Waals surface area contributed by atoms with E-state index in [2.05, 4.69) is 12.1 Å². The Morgan fingerprint density at radius 2 is 2.00 bits per heavy atom. The van der Waals surface area contributed by atoms with Gasteiger partial charge in [-0.15, -0.1) is 0 Å². The highest BCUT2D eigenvalue weighted by atomic mass is 16.5. The SMILES string of the molecule is C[n+]1cccc(C(=O)N2C(Cc3ccccc3)COC2(C)C)c1. The molecule has 1 aliphatic heterocycles. The second-order valence-corrected chi connectivity index (χ2v) is 6.53. The van der Waals surface area contributed by atoms with Crippen LogP contribution in [-0.4, -0.2) is 29.2 Å². The molecule has 1 fully saturated rings. The van der Waals surface area contributed by atoms with Crippen LogP contribution >= 0.6 is 0 Å². The predicted molar refractivity (Wildman–Crippen MR) is 87.8 cm³/mol. The van der Waals surface area contributed by atoms with Crippen LogP contribution in [0.3, 0.4) is 0 Å². The minimum absolute atomic E-state index is 0.0182. The van der Waals surface area contributed by atoms with E-state index in [1.807, 2.05) is 73.1 Å². The zero-order valence-electron chi connectivity index (χ0n) is 13.9. The van der Waals surface area contributed by atoms with Crippen LogP contribution in [0.2, 0.25) is 0 Å². The van der Waals surface area contributed by atoms with Crippen LogP contribution in [0.5, 0.6) is 0 Å². The first-order chi connectivity index (χ1) is 11.0. The van der Waals surface area contributed by atoms with E-state index in [-0.39, 0.29) is 11.9 Å². The number of benzene rings is 1. The van der Waals surface area contributed by atoms with Gasteiger partial charge in [-0.1, -0.05) is 30.3 Å². The van der Waals surface area contributed by atoms with Crippen molar-refractivity contribution in [3.05, 3.63) is 66.0 Å². The summed E-state index contributed by atoms with van der Waals surface area (Å²) in [6, 6.07) is 14.0. The van der Waals surface area contributed by atoms with E-state index in [1.165, 1.54) is 5.56 Å². The highest BCUT2D eigenvalue weighted by molar-refractivity contribution is 5.94. The van der Waals surface area contributed by atoms with Crippen molar-refractivity contribution in [3.63, 3.8) is 0 Å². The van der Waals surface area contributed by atoms with Gasteiger partial charge in [0.25, 0.3) is 5.91 Å². The molecule has 1 aromatic heterocycles. The molecule has 4 heteroatoms. The Bertz CT molecular complexity index is 698. The van der Waals surface area contributed by atoms with Crippen molar-refractivity contribution in [2.45, 2.75) is 32.0 Å². The summed E-state index contributed by atoms with van der Waals surface area (Å²) in [5.74, 6) is 0.0182. The number of amides is 1. The van der Waals surface area contributed by atoms with Crippen molar-refractivity contribution < 1.29 is 14.1 Å². The third-order valence-corrected chi connectivity index (χ3v) is 4.29. The first-order valence-corrected chi connectivity index (χ1v) is 7.94. The van der Waals surface area contributed by atoms with E-state index in [4.69, 9.17) is 4.74 Å². The number of rotatable bonds is 3. The summed E-state index contributed by atoms with van der Waals surface area (Å²) in [5, 5.41) is 0. The van der Waals surface area contributed by atoms with Gasteiger partial charge in [0.1, 0.15) is 18.3 Å². The van der Waals surface area contributed by atoms with Gasteiger partial charge >= 0.3 is 0 Å². The Kier molecular flexibility index (Phi) is 4.18. The van der Waals surface area contributed by atoms with Crippen molar-refractivity contribution in [1.82, 2.24) is 4.90 Å². The molecule has 1 aliphatic rings. The van der Waals surface area contributed by atoms with Gasteiger partial charge < -0.3 is 9.64 Å². The van der Waals surface area contributed by atoms with Crippen LogP contribution in [0, 0.1) is 0 Å². The van der Waals surface area contributed by atoms with Crippen molar-refractivity contribution >= 4 is 5.91 Å². The summed E-state index contributed by atoms with van der Waals surface area (Å²) in [4.78, 5) is 14.9. The molecule has 2 aromatic rings. The molecule has 120 valence electrons. The number of carbonyl (C=O) groups is 1. The highest BCUT2D eigenvalue weighted by Crippen LogP contribution is 2.30. The van der Waals surface area contributed by atoms with Gasteiger partial charge in [0.2, 0.25) is 0 Å². The lowest BCUT2D eigenvalue weighted by atomic mass is 10.0. The Hall–Kier alpha value is -2.20. The Labute approximate surface area is 137 Å². The predicted octanol–water partition coefficient (Wildman–Crippen LogP) is 2.33. The maximum absolute atomic E-state index is 13.0. The lowest BCUT2D eigenvalue weighted by molar-refractivity contribution is -0.671. The van der Waals surface area contributed by atoms with E-state index < -0.39 is 5.72 Å². The van der Waals surface area contributed by atoms with Crippen LogP contribution in [0.1, 0.15) is 29.8 Å². The van der Waals surface area contributed by atoms with Crippen molar-refractivity contribution in [1.29, 1.82) is 0 Å².